The van der Waals surface area contributed by atoms with Crippen LogP contribution >= 0.6 is 11.6 Å². The Kier molecular flexibility index (Phi) is 3.53. The summed E-state index contributed by atoms with van der Waals surface area (Å²) in [6.07, 6.45) is 0.937. The van der Waals surface area contributed by atoms with E-state index in [1.165, 1.54) is 6.07 Å². The Labute approximate surface area is 130 Å². The highest BCUT2D eigenvalue weighted by molar-refractivity contribution is 6.30. The number of benzene rings is 2. The van der Waals surface area contributed by atoms with Crippen molar-refractivity contribution in [3.8, 4) is 5.75 Å². The zero-order valence-electron chi connectivity index (χ0n) is 11.4. The van der Waals surface area contributed by atoms with Gasteiger partial charge in [0.25, 0.3) is 5.91 Å². The van der Waals surface area contributed by atoms with Gasteiger partial charge in [0.15, 0.2) is 0 Å². The van der Waals surface area contributed by atoms with E-state index in [9.17, 15) is 18.7 Å². The van der Waals surface area contributed by atoms with Gasteiger partial charge in [0.1, 0.15) is 17.4 Å². The molecule has 2 aromatic carbocycles. The fourth-order valence-electron chi connectivity index (χ4n) is 3.04. The molecule has 3 rings (SSSR count). The van der Waals surface area contributed by atoms with Gasteiger partial charge in [0, 0.05) is 16.5 Å². The average molecular weight is 324 g/mol. The third-order valence-corrected chi connectivity index (χ3v) is 4.22. The predicted octanol–water partition coefficient (Wildman–Crippen LogP) is 3.50. The summed E-state index contributed by atoms with van der Waals surface area (Å²) in [4.78, 5) is 11.3. The number of primary amides is 1. The van der Waals surface area contributed by atoms with Crippen LogP contribution in [0.25, 0.3) is 0 Å². The van der Waals surface area contributed by atoms with Crippen LogP contribution in [0.4, 0.5) is 8.78 Å². The van der Waals surface area contributed by atoms with Gasteiger partial charge in [-0.3, -0.25) is 4.79 Å². The second kappa shape index (κ2) is 5.25. The summed E-state index contributed by atoms with van der Waals surface area (Å²) in [5.74, 6) is -2.83. The number of rotatable bonds is 2. The lowest BCUT2D eigenvalue weighted by Gasteiger charge is -2.16. The van der Waals surface area contributed by atoms with E-state index in [1.54, 1.807) is 6.07 Å². The number of halogens is 3. The van der Waals surface area contributed by atoms with Gasteiger partial charge in [-0.15, -0.1) is 0 Å². The molecule has 0 bridgehead atoms. The molecule has 0 unspecified atom stereocenters. The first kappa shape index (κ1) is 14.8. The first-order valence-corrected chi connectivity index (χ1v) is 7.06. The van der Waals surface area contributed by atoms with Crippen molar-refractivity contribution < 1.29 is 18.7 Å². The van der Waals surface area contributed by atoms with Crippen molar-refractivity contribution >= 4 is 17.5 Å². The highest BCUT2D eigenvalue weighted by Crippen LogP contribution is 2.44. The van der Waals surface area contributed by atoms with E-state index in [4.69, 9.17) is 17.3 Å². The van der Waals surface area contributed by atoms with Crippen LogP contribution in [0.1, 0.15) is 39.4 Å². The predicted molar refractivity (Wildman–Crippen MR) is 78.2 cm³/mol. The molecule has 3 N–H and O–H groups in total. The smallest absolute Gasteiger partial charge is 0.252 e. The Balaban J connectivity index is 2.18. The molecular weight excluding hydrogens is 312 g/mol. The highest BCUT2D eigenvalue weighted by Gasteiger charge is 2.30. The summed E-state index contributed by atoms with van der Waals surface area (Å²) in [7, 11) is 0. The Bertz CT molecular complexity index is 792. The molecule has 0 spiro atoms. The lowest BCUT2D eigenvalue weighted by atomic mass is 9.90. The van der Waals surface area contributed by atoms with E-state index in [-0.39, 0.29) is 21.9 Å². The van der Waals surface area contributed by atoms with Crippen LogP contribution in [-0.2, 0) is 6.42 Å². The SMILES string of the molecule is NC(=O)c1cc(F)cc([C@@H]2CCc3c(F)cc(Cl)cc32)c1O. The monoisotopic (exact) mass is 323 g/mol. The van der Waals surface area contributed by atoms with E-state index in [2.05, 4.69) is 0 Å². The van der Waals surface area contributed by atoms with Gasteiger partial charge >= 0.3 is 0 Å². The van der Waals surface area contributed by atoms with Gasteiger partial charge in [0.05, 0.1) is 5.56 Å². The molecule has 0 aliphatic heterocycles. The van der Waals surface area contributed by atoms with Crippen molar-refractivity contribution in [1.82, 2.24) is 0 Å². The Morgan fingerprint density at radius 1 is 1.23 bits per heavy atom. The number of amides is 1. The van der Waals surface area contributed by atoms with Crippen LogP contribution < -0.4 is 5.73 Å². The van der Waals surface area contributed by atoms with Crippen molar-refractivity contribution in [3.05, 3.63) is 63.2 Å². The summed E-state index contributed by atoms with van der Waals surface area (Å²) in [6.45, 7) is 0. The van der Waals surface area contributed by atoms with Gasteiger partial charge in [-0.05, 0) is 48.2 Å². The average Bonchev–Trinajstić information content (AvgIpc) is 2.84. The number of phenols is 1. The highest BCUT2D eigenvalue weighted by atomic mass is 35.5. The molecule has 0 aromatic heterocycles. The maximum Gasteiger partial charge on any atom is 0.252 e. The van der Waals surface area contributed by atoms with Crippen molar-refractivity contribution in [3.63, 3.8) is 0 Å². The molecular formula is C16H12ClF2NO2. The Hall–Kier alpha value is -2.14. The zero-order valence-corrected chi connectivity index (χ0v) is 12.1. The van der Waals surface area contributed by atoms with Crippen molar-refractivity contribution in [2.45, 2.75) is 18.8 Å². The number of hydrogen-bond donors (Lipinski definition) is 2. The third kappa shape index (κ3) is 2.31. The van der Waals surface area contributed by atoms with Crippen LogP contribution in [0, 0.1) is 11.6 Å². The number of hydrogen-bond acceptors (Lipinski definition) is 2. The van der Waals surface area contributed by atoms with Gasteiger partial charge in [-0.1, -0.05) is 11.6 Å². The van der Waals surface area contributed by atoms with Crippen LogP contribution in [0.2, 0.25) is 5.02 Å². The Morgan fingerprint density at radius 2 is 1.95 bits per heavy atom. The fourth-order valence-corrected chi connectivity index (χ4v) is 3.25. The minimum absolute atomic E-state index is 0.217. The first-order chi connectivity index (χ1) is 10.4. The third-order valence-electron chi connectivity index (χ3n) is 4.00. The largest absolute Gasteiger partial charge is 0.507 e. The maximum absolute atomic E-state index is 13.9. The molecule has 1 aliphatic rings. The lowest BCUT2D eigenvalue weighted by molar-refractivity contribution is 0.0997. The number of fused-ring (bicyclic) bond motifs is 1. The van der Waals surface area contributed by atoms with Gasteiger partial charge in [0.2, 0.25) is 0 Å². The molecule has 3 nitrogen and oxygen atoms in total. The zero-order chi connectivity index (χ0) is 16.0. The second-order valence-electron chi connectivity index (χ2n) is 5.30. The van der Waals surface area contributed by atoms with Gasteiger partial charge in [-0.25, -0.2) is 8.78 Å². The number of aromatic hydroxyl groups is 1. The van der Waals surface area contributed by atoms with E-state index in [0.29, 0.717) is 24.0 Å². The van der Waals surface area contributed by atoms with Crippen LogP contribution in [0.3, 0.4) is 0 Å². The molecule has 0 saturated carbocycles. The molecule has 1 amide bonds. The quantitative estimate of drug-likeness (QED) is 0.888. The summed E-state index contributed by atoms with van der Waals surface area (Å²) in [5.41, 5.74) is 6.18. The second-order valence-corrected chi connectivity index (χ2v) is 5.74. The van der Waals surface area contributed by atoms with Gasteiger partial charge in [-0.2, -0.15) is 0 Å². The molecule has 1 atom stereocenters. The normalized spacial score (nSPS) is 16.6. The number of nitrogens with two attached hydrogens (primary N) is 1. The molecule has 22 heavy (non-hydrogen) atoms. The summed E-state index contributed by atoms with van der Waals surface area (Å²) in [5, 5.41) is 10.4. The first-order valence-electron chi connectivity index (χ1n) is 6.68. The molecule has 0 fully saturated rings. The topological polar surface area (TPSA) is 63.3 Å². The molecule has 2 aromatic rings. The molecule has 0 saturated heterocycles. The van der Waals surface area contributed by atoms with Gasteiger partial charge < -0.3 is 10.8 Å². The van der Waals surface area contributed by atoms with Crippen LogP contribution in [-0.4, -0.2) is 11.0 Å². The fraction of sp³-hybridized carbons (Fsp3) is 0.188. The van der Waals surface area contributed by atoms with Crippen molar-refractivity contribution in [1.29, 1.82) is 0 Å². The summed E-state index contributed by atoms with van der Waals surface area (Å²) < 4.78 is 27.7. The lowest BCUT2D eigenvalue weighted by Crippen LogP contribution is -2.13. The van der Waals surface area contributed by atoms with E-state index in [0.717, 1.165) is 12.1 Å². The molecule has 114 valence electrons. The summed E-state index contributed by atoms with van der Waals surface area (Å²) in [6, 6.07) is 4.85. The van der Waals surface area contributed by atoms with E-state index < -0.39 is 23.5 Å². The van der Waals surface area contributed by atoms with Crippen molar-refractivity contribution in [2.75, 3.05) is 0 Å². The standard InChI is InChI=1S/C16H12ClF2NO2/c17-7-3-11-9(1-2-10(11)14(19)4-7)12-5-8(18)6-13(15(12)21)16(20)22/h3-6,9,21H,1-2H2,(H2,20,22)/t9-/m1/s1. The Morgan fingerprint density at radius 3 is 2.64 bits per heavy atom. The molecule has 0 heterocycles. The maximum atomic E-state index is 13.9. The van der Waals surface area contributed by atoms with E-state index in [1.807, 2.05) is 0 Å². The van der Waals surface area contributed by atoms with E-state index >= 15 is 0 Å². The number of carbonyl (C=O) groups excluding carboxylic acids is 1. The van der Waals surface area contributed by atoms with Crippen LogP contribution in [0.5, 0.6) is 5.75 Å². The van der Waals surface area contributed by atoms with Crippen LogP contribution in [0.15, 0.2) is 24.3 Å². The summed E-state index contributed by atoms with van der Waals surface area (Å²) >= 11 is 5.88. The minimum atomic E-state index is -0.922. The minimum Gasteiger partial charge on any atom is -0.507 e. The molecule has 1 aliphatic carbocycles. The van der Waals surface area contributed by atoms with Crippen molar-refractivity contribution in [2.24, 2.45) is 5.73 Å². The number of carbonyl (C=O) groups is 1. The molecule has 6 heteroatoms. The molecule has 0 radical (unpaired) electrons.